The lowest BCUT2D eigenvalue weighted by molar-refractivity contribution is -0.131. The number of carbonyl (C=O) groups excluding carboxylic acids is 1. The van der Waals surface area contributed by atoms with Crippen molar-refractivity contribution in [2.45, 2.75) is 33.1 Å². The SMILES string of the molecule is CC(C)CC1CCN(CCc2ccccc2)C1=O. The maximum atomic E-state index is 12.2. The van der Waals surface area contributed by atoms with Gasteiger partial charge in [-0.3, -0.25) is 4.79 Å². The molecule has 0 bridgehead atoms. The minimum absolute atomic E-state index is 0.278. The molecule has 1 aromatic carbocycles. The smallest absolute Gasteiger partial charge is 0.225 e. The summed E-state index contributed by atoms with van der Waals surface area (Å²) in [6, 6.07) is 10.4. The van der Waals surface area contributed by atoms with Crippen molar-refractivity contribution < 1.29 is 4.79 Å². The van der Waals surface area contributed by atoms with Gasteiger partial charge >= 0.3 is 0 Å². The largest absolute Gasteiger partial charge is 0.342 e. The van der Waals surface area contributed by atoms with E-state index in [2.05, 4.69) is 38.1 Å². The molecule has 1 fully saturated rings. The first-order valence-corrected chi connectivity index (χ1v) is 6.99. The summed E-state index contributed by atoms with van der Waals surface area (Å²) in [4.78, 5) is 14.2. The summed E-state index contributed by atoms with van der Waals surface area (Å²) >= 11 is 0. The maximum Gasteiger partial charge on any atom is 0.225 e. The van der Waals surface area contributed by atoms with Crippen molar-refractivity contribution in [3.63, 3.8) is 0 Å². The number of carbonyl (C=O) groups is 1. The van der Waals surface area contributed by atoms with Crippen LogP contribution in [0.4, 0.5) is 0 Å². The van der Waals surface area contributed by atoms with E-state index in [4.69, 9.17) is 0 Å². The molecule has 0 N–H and O–H groups in total. The normalized spacial score (nSPS) is 19.8. The summed E-state index contributed by atoms with van der Waals surface area (Å²) in [5.74, 6) is 1.27. The summed E-state index contributed by atoms with van der Waals surface area (Å²) in [6.45, 7) is 6.21. The molecule has 18 heavy (non-hydrogen) atoms. The van der Waals surface area contributed by atoms with Crippen molar-refractivity contribution >= 4 is 5.91 Å². The van der Waals surface area contributed by atoms with Gasteiger partial charge in [-0.05, 0) is 30.7 Å². The average Bonchev–Trinajstić information content (AvgIpc) is 2.69. The zero-order valence-electron chi connectivity index (χ0n) is 11.4. The topological polar surface area (TPSA) is 20.3 Å². The van der Waals surface area contributed by atoms with E-state index >= 15 is 0 Å². The van der Waals surface area contributed by atoms with Crippen molar-refractivity contribution in [3.05, 3.63) is 35.9 Å². The molecule has 1 aliphatic rings. The quantitative estimate of drug-likeness (QED) is 0.780. The molecule has 1 aliphatic heterocycles. The van der Waals surface area contributed by atoms with Crippen molar-refractivity contribution in [2.75, 3.05) is 13.1 Å². The maximum absolute atomic E-state index is 12.2. The molecule has 2 heteroatoms. The van der Waals surface area contributed by atoms with Crippen LogP contribution >= 0.6 is 0 Å². The third-order valence-electron chi connectivity index (χ3n) is 3.68. The molecule has 1 aromatic rings. The molecule has 0 aromatic heterocycles. The Morgan fingerprint density at radius 2 is 2.00 bits per heavy atom. The van der Waals surface area contributed by atoms with Gasteiger partial charge < -0.3 is 4.90 Å². The fraction of sp³-hybridized carbons (Fsp3) is 0.562. The van der Waals surface area contributed by atoms with E-state index in [1.807, 2.05) is 11.0 Å². The molecule has 0 spiro atoms. The van der Waals surface area contributed by atoms with Crippen LogP contribution in [0.3, 0.4) is 0 Å². The van der Waals surface area contributed by atoms with Crippen molar-refractivity contribution in [1.29, 1.82) is 0 Å². The Morgan fingerprint density at radius 1 is 1.28 bits per heavy atom. The first-order valence-electron chi connectivity index (χ1n) is 6.99. The predicted molar refractivity (Wildman–Crippen MR) is 74.3 cm³/mol. The van der Waals surface area contributed by atoms with E-state index in [0.717, 1.165) is 32.4 Å². The summed E-state index contributed by atoms with van der Waals surface area (Å²) in [5.41, 5.74) is 1.32. The lowest BCUT2D eigenvalue weighted by Crippen LogP contribution is -2.29. The van der Waals surface area contributed by atoms with Crippen LogP contribution in [-0.4, -0.2) is 23.9 Å². The second-order valence-electron chi connectivity index (χ2n) is 5.68. The van der Waals surface area contributed by atoms with E-state index in [1.165, 1.54) is 5.56 Å². The molecule has 2 nitrogen and oxygen atoms in total. The lowest BCUT2D eigenvalue weighted by atomic mass is 9.96. The molecule has 1 unspecified atom stereocenters. The van der Waals surface area contributed by atoms with Crippen LogP contribution in [0, 0.1) is 11.8 Å². The molecule has 1 atom stereocenters. The number of hydrogen-bond donors (Lipinski definition) is 0. The van der Waals surface area contributed by atoms with Crippen LogP contribution in [-0.2, 0) is 11.2 Å². The van der Waals surface area contributed by atoms with Gasteiger partial charge in [-0.2, -0.15) is 0 Å². The minimum atomic E-state index is 0.278. The highest BCUT2D eigenvalue weighted by molar-refractivity contribution is 5.80. The third kappa shape index (κ3) is 3.34. The molecule has 0 radical (unpaired) electrons. The number of likely N-dealkylation sites (tertiary alicyclic amines) is 1. The fourth-order valence-corrected chi connectivity index (χ4v) is 2.72. The van der Waals surface area contributed by atoms with Gasteiger partial charge in [-0.15, -0.1) is 0 Å². The van der Waals surface area contributed by atoms with Gasteiger partial charge in [0.1, 0.15) is 0 Å². The summed E-state index contributed by atoms with van der Waals surface area (Å²) in [5, 5.41) is 0. The van der Waals surface area contributed by atoms with Gasteiger partial charge in [0.15, 0.2) is 0 Å². The number of hydrogen-bond acceptors (Lipinski definition) is 1. The van der Waals surface area contributed by atoms with Crippen molar-refractivity contribution in [3.8, 4) is 0 Å². The highest BCUT2D eigenvalue weighted by Gasteiger charge is 2.31. The molecule has 1 saturated heterocycles. The van der Waals surface area contributed by atoms with E-state index < -0.39 is 0 Å². The molecule has 1 amide bonds. The number of rotatable bonds is 5. The van der Waals surface area contributed by atoms with Crippen molar-refractivity contribution in [1.82, 2.24) is 4.90 Å². The Kier molecular flexibility index (Phi) is 4.40. The third-order valence-corrected chi connectivity index (χ3v) is 3.68. The average molecular weight is 245 g/mol. The van der Waals surface area contributed by atoms with Gasteiger partial charge in [-0.1, -0.05) is 44.2 Å². The molecular weight excluding hydrogens is 222 g/mol. The number of amides is 1. The van der Waals surface area contributed by atoms with Crippen molar-refractivity contribution in [2.24, 2.45) is 11.8 Å². The molecule has 0 saturated carbocycles. The molecular formula is C16H23NO. The summed E-state index contributed by atoms with van der Waals surface area (Å²) < 4.78 is 0. The Hall–Kier alpha value is -1.31. The minimum Gasteiger partial charge on any atom is -0.342 e. The monoisotopic (exact) mass is 245 g/mol. The summed E-state index contributed by atoms with van der Waals surface area (Å²) in [6.07, 6.45) is 3.06. The summed E-state index contributed by atoms with van der Waals surface area (Å²) in [7, 11) is 0. The Morgan fingerprint density at radius 3 is 2.67 bits per heavy atom. The van der Waals surface area contributed by atoms with Gasteiger partial charge in [0, 0.05) is 19.0 Å². The van der Waals surface area contributed by atoms with Crippen LogP contribution in [0.5, 0.6) is 0 Å². The molecule has 98 valence electrons. The second kappa shape index (κ2) is 6.03. The van der Waals surface area contributed by atoms with Crippen LogP contribution in [0.1, 0.15) is 32.3 Å². The number of benzene rings is 1. The van der Waals surface area contributed by atoms with Crippen LogP contribution < -0.4 is 0 Å². The molecule has 1 heterocycles. The fourth-order valence-electron chi connectivity index (χ4n) is 2.72. The predicted octanol–water partition coefficient (Wildman–Crippen LogP) is 3.12. The van der Waals surface area contributed by atoms with Gasteiger partial charge in [0.25, 0.3) is 0 Å². The van der Waals surface area contributed by atoms with E-state index in [1.54, 1.807) is 0 Å². The zero-order valence-corrected chi connectivity index (χ0v) is 11.4. The van der Waals surface area contributed by atoms with Crippen LogP contribution in [0.25, 0.3) is 0 Å². The van der Waals surface area contributed by atoms with E-state index in [0.29, 0.717) is 11.8 Å². The van der Waals surface area contributed by atoms with E-state index in [-0.39, 0.29) is 5.92 Å². The van der Waals surface area contributed by atoms with Gasteiger partial charge in [-0.25, -0.2) is 0 Å². The highest BCUT2D eigenvalue weighted by atomic mass is 16.2. The second-order valence-corrected chi connectivity index (χ2v) is 5.68. The Labute approximate surface area is 110 Å². The van der Waals surface area contributed by atoms with Crippen LogP contribution in [0.2, 0.25) is 0 Å². The number of nitrogens with zero attached hydrogens (tertiary/aromatic N) is 1. The Balaban J connectivity index is 1.83. The molecule has 0 aliphatic carbocycles. The molecule has 2 rings (SSSR count). The van der Waals surface area contributed by atoms with Gasteiger partial charge in [0.05, 0.1) is 0 Å². The standard InChI is InChI=1S/C16H23NO/c1-13(2)12-15-9-11-17(16(15)18)10-8-14-6-4-3-5-7-14/h3-7,13,15H,8-12H2,1-2H3. The first-order chi connectivity index (χ1) is 8.66. The van der Waals surface area contributed by atoms with E-state index in [9.17, 15) is 4.79 Å². The highest BCUT2D eigenvalue weighted by Crippen LogP contribution is 2.24. The first kappa shape index (κ1) is 13.1. The lowest BCUT2D eigenvalue weighted by Gasteiger charge is -2.17. The van der Waals surface area contributed by atoms with Crippen LogP contribution in [0.15, 0.2) is 30.3 Å². The Bertz CT molecular complexity index is 385. The zero-order chi connectivity index (χ0) is 13.0. The van der Waals surface area contributed by atoms with Gasteiger partial charge in [0.2, 0.25) is 5.91 Å².